The summed E-state index contributed by atoms with van der Waals surface area (Å²) in [7, 11) is -2.23. The van der Waals surface area contributed by atoms with Gasteiger partial charge < -0.3 is 9.84 Å². The predicted octanol–water partition coefficient (Wildman–Crippen LogP) is 3.37. The van der Waals surface area contributed by atoms with Gasteiger partial charge >= 0.3 is 5.97 Å². The highest BCUT2D eigenvalue weighted by molar-refractivity contribution is 7.89. The van der Waals surface area contributed by atoms with Crippen LogP contribution in [0.5, 0.6) is 5.75 Å². The van der Waals surface area contributed by atoms with E-state index in [1.807, 2.05) is 0 Å². The Bertz CT molecular complexity index is 974. The highest BCUT2D eigenvalue weighted by Gasteiger charge is 2.28. The zero-order valence-corrected chi connectivity index (χ0v) is 16.4. The maximum Gasteiger partial charge on any atom is 0.335 e. The Kier molecular flexibility index (Phi) is 5.26. The zero-order valence-electron chi connectivity index (χ0n) is 15.6. The predicted molar refractivity (Wildman–Crippen MR) is 102 cm³/mol. The van der Waals surface area contributed by atoms with Crippen molar-refractivity contribution in [1.82, 2.24) is 4.72 Å². The van der Waals surface area contributed by atoms with Crippen LogP contribution in [0.3, 0.4) is 0 Å². The molecule has 27 heavy (non-hydrogen) atoms. The summed E-state index contributed by atoms with van der Waals surface area (Å²) in [5.41, 5.74) is 3.11. The van der Waals surface area contributed by atoms with Crippen LogP contribution in [0.4, 0.5) is 0 Å². The maximum absolute atomic E-state index is 13.1. The molecule has 0 unspecified atom stereocenters. The number of methoxy groups -OCH3 is 1. The summed E-state index contributed by atoms with van der Waals surface area (Å²) in [6.07, 6.45) is 2.28. The van der Waals surface area contributed by atoms with Crippen LogP contribution in [0.2, 0.25) is 0 Å². The van der Waals surface area contributed by atoms with E-state index in [2.05, 4.69) is 4.72 Å². The van der Waals surface area contributed by atoms with Crippen molar-refractivity contribution in [2.45, 2.75) is 44.0 Å². The Morgan fingerprint density at radius 1 is 1.19 bits per heavy atom. The van der Waals surface area contributed by atoms with Gasteiger partial charge in [0.2, 0.25) is 10.0 Å². The Balaban J connectivity index is 1.99. The second-order valence-corrected chi connectivity index (χ2v) is 8.53. The van der Waals surface area contributed by atoms with Crippen LogP contribution in [-0.4, -0.2) is 26.6 Å². The Morgan fingerprint density at radius 3 is 2.44 bits per heavy atom. The van der Waals surface area contributed by atoms with Crippen molar-refractivity contribution in [2.24, 2.45) is 0 Å². The van der Waals surface area contributed by atoms with Crippen molar-refractivity contribution in [3.63, 3.8) is 0 Å². The molecular formula is C20H23NO5S. The van der Waals surface area contributed by atoms with E-state index in [4.69, 9.17) is 4.74 Å². The number of fused-ring (bicyclic) bond motifs is 1. The van der Waals surface area contributed by atoms with Crippen molar-refractivity contribution in [3.05, 3.63) is 58.1 Å². The van der Waals surface area contributed by atoms with Gasteiger partial charge in [0, 0.05) is 6.04 Å². The molecule has 144 valence electrons. The fourth-order valence-corrected chi connectivity index (χ4v) is 5.46. The fourth-order valence-electron chi connectivity index (χ4n) is 3.75. The Labute approximate surface area is 159 Å². The lowest BCUT2D eigenvalue weighted by atomic mass is 9.87. The molecular weight excluding hydrogens is 366 g/mol. The van der Waals surface area contributed by atoms with Crippen molar-refractivity contribution >= 4 is 16.0 Å². The molecule has 2 N–H and O–H groups in total. The third-order valence-electron chi connectivity index (χ3n) is 4.94. The van der Waals surface area contributed by atoms with Gasteiger partial charge in [-0.15, -0.1) is 0 Å². The van der Waals surface area contributed by atoms with Gasteiger partial charge in [-0.1, -0.05) is 6.07 Å². The molecule has 0 radical (unpaired) electrons. The molecule has 0 amide bonds. The van der Waals surface area contributed by atoms with E-state index >= 15 is 0 Å². The topological polar surface area (TPSA) is 92.7 Å². The number of sulfonamides is 1. The molecule has 0 aromatic heterocycles. The molecule has 1 aliphatic carbocycles. The lowest BCUT2D eigenvalue weighted by molar-refractivity contribution is 0.0696. The number of hydrogen-bond acceptors (Lipinski definition) is 4. The molecule has 6 nitrogen and oxygen atoms in total. The van der Waals surface area contributed by atoms with Gasteiger partial charge in [0.15, 0.2) is 0 Å². The van der Waals surface area contributed by atoms with Crippen molar-refractivity contribution in [1.29, 1.82) is 0 Å². The third kappa shape index (κ3) is 3.84. The molecule has 7 heteroatoms. The zero-order chi connectivity index (χ0) is 19.8. The average molecular weight is 389 g/mol. The van der Waals surface area contributed by atoms with E-state index in [1.165, 1.54) is 0 Å². The van der Waals surface area contributed by atoms with Crippen molar-refractivity contribution in [3.8, 4) is 5.75 Å². The molecule has 1 aliphatic rings. The Morgan fingerprint density at radius 2 is 1.85 bits per heavy atom. The molecule has 1 atom stereocenters. The van der Waals surface area contributed by atoms with Gasteiger partial charge in [0.1, 0.15) is 5.75 Å². The van der Waals surface area contributed by atoms with Gasteiger partial charge in [0.05, 0.1) is 17.6 Å². The fraction of sp³-hybridized carbons (Fsp3) is 0.350. The summed E-state index contributed by atoms with van der Waals surface area (Å²) < 4.78 is 34.2. The third-order valence-corrected chi connectivity index (χ3v) is 6.72. The minimum absolute atomic E-state index is 0.164. The van der Waals surface area contributed by atoms with Gasteiger partial charge in [-0.3, -0.25) is 0 Å². The van der Waals surface area contributed by atoms with Crippen LogP contribution in [0.25, 0.3) is 0 Å². The van der Waals surface area contributed by atoms with Crippen LogP contribution < -0.4 is 9.46 Å². The number of aryl methyl sites for hydroxylation is 3. The first-order chi connectivity index (χ1) is 12.7. The van der Waals surface area contributed by atoms with Crippen molar-refractivity contribution < 1.29 is 23.1 Å². The number of carbonyl (C=O) groups is 1. The number of carboxylic acid groups (broad SMARTS) is 1. The quantitative estimate of drug-likeness (QED) is 0.818. The lowest BCUT2D eigenvalue weighted by Crippen LogP contribution is -2.32. The number of ether oxygens (including phenoxy) is 1. The summed E-state index contributed by atoms with van der Waals surface area (Å²) >= 11 is 0. The van der Waals surface area contributed by atoms with Crippen LogP contribution in [0, 0.1) is 13.8 Å². The van der Waals surface area contributed by atoms with Gasteiger partial charge in [-0.05, 0) is 79.6 Å². The molecule has 0 bridgehead atoms. The lowest BCUT2D eigenvalue weighted by Gasteiger charge is -2.27. The molecule has 0 fully saturated rings. The van der Waals surface area contributed by atoms with E-state index in [1.54, 1.807) is 51.3 Å². The van der Waals surface area contributed by atoms with Crippen LogP contribution >= 0.6 is 0 Å². The first-order valence-electron chi connectivity index (χ1n) is 8.76. The number of carboxylic acids is 1. The number of rotatable bonds is 5. The van der Waals surface area contributed by atoms with E-state index in [0.717, 1.165) is 24.0 Å². The smallest absolute Gasteiger partial charge is 0.335 e. The minimum atomic E-state index is -3.78. The van der Waals surface area contributed by atoms with Crippen LogP contribution in [-0.2, 0) is 16.4 Å². The summed E-state index contributed by atoms with van der Waals surface area (Å²) in [6, 6.07) is 7.87. The van der Waals surface area contributed by atoms with Crippen molar-refractivity contribution in [2.75, 3.05) is 7.11 Å². The first kappa shape index (κ1) is 19.4. The summed E-state index contributed by atoms with van der Waals surface area (Å²) in [6.45, 7) is 3.48. The van der Waals surface area contributed by atoms with Gasteiger partial charge in [0.25, 0.3) is 0 Å². The minimum Gasteiger partial charge on any atom is -0.497 e. The van der Waals surface area contributed by atoms with E-state index < -0.39 is 22.0 Å². The normalized spacial score (nSPS) is 16.6. The maximum atomic E-state index is 13.1. The highest BCUT2D eigenvalue weighted by atomic mass is 32.2. The molecule has 2 aromatic rings. The van der Waals surface area contributed by atoms with E-state index in [9.17, 15) is 18.3 Å². The standard InChI is InChI=1S/C20H23NO5S/c1-12-9-16(26-3)10-13(2)19(12)27(24,25)21-18-6-4-5-14-7-8-15(20(22)23)11-17(14)18/h7-11,18,21H,4-6H2,1-3H3,(H,22,23)/t18-/m0/s1. The number of benzene rings is 2. The molecule has 2 aromatic carbocycles. The number of nitrogens with one attached hydrogen (secondary N) is 1. The van der Waals surface area contributed by atoms with E-state index in [-0.39, 0.29) is 10.5 Å². The molecule has 0 saturated heterocycles. The largest absolute Gasteiger partial charge is 0.497 e. The first-order valence-corrected chi connectivity index (χ1v) is 10.2. The molecule has 0 heterocycles. The molecule has 0 spiro atoms. The second-order valence-electron chi connectivity index (χ2n) is 6.88. The SMILES string of the molecule is COc1cc(C)c(S(=O)(=O)N[C@H]2CCCc3ccc(C(=O)O)cc32)c(C)c1. The molecule has 0 saturated carbocycles. The highest BCUT2D eigenvalue weighted by Crippen LogP contribution is 2.33. The number of aromatic carboxylic acids is 1. The van der Waals surface area contributed by atoms with E-state index in [0.29, 0.717) is 23.3 Å². The summed E-state index contributed by atoms with van der Waals surface area (Å²) in [4.78, 5) is 11.5. The van der Waals surface area contributed by atoms with Gasteiger partial charge in [-0.25, -0.2) is 17.9 Å². The van der Waals surface area contributed by atoms with Crippen LogP contribution in [0.1, 0.15) is 51.5 Å². The Hall–Kier alpha value is -2.38. The molecule has 0 aliphatic heterocycles. The monoisotopic (exact) mass is 389 g/mol. The molecule has 3 rings (SSSR count). The van der Waals surface area contributed by atoms with Gasteiger partial charge in [-0.2, -0.15) is 0 Å². The summed E-state index contributed by atoms with van der Waals surface area (Å²) in [5, 5.41) is 9.25. The second kappa shape index (κ2) is 7.32. The number of hydrogen-bond donors (Lipinski definition) is 2. The summed E-state index contributed by atoms with van der Waals surface area (Å²) in [5.74, 6) is -0.412. The van der Waals surface area contributed by atoms with Crippen LogP contribution in [0.15, 0.2) is 35.2 Å². The average Bonchev–Trinajstić information content (AvgIpc) is 2.60.